The van der Waals surface area contributed by atoms with E-state index < -0.39 is 0 Å². The van der Waals surface area contributed by atoms with E-state index in [2.05, 4.69) is 36.3 Å². The largest absolute Gasteiger partial charge is 0.391 e. The van der Waals surface area contributed by atoms with E-state index in [1.807, 2.05) is 24.3 Å². The van der Waals surface area contributed by atoms with Gasteiger partial charge in [-0.2, -0.15) is 0 Å². The van der Waals surface area contributed by atoms with Crippen molar-refractivity contribution in [3.05, 3.63) is 29.8 Å². The fourth-order valence-corrected chi connectivity index (χ4v) is 2.90. The van der Waals surface area contributed by atoms with Crippen molar-refractivity contribution < 1.29 is 9.90 Å². The maximum Gasteiger partial charge on any atom is 0.251 e. The predicted octanol–water partition coefficient (Wildman–Crippen LogP) is 2.08. The molecule has 1 aromatic rings. The third-order valence-corrected chi connectivity index (χ3v) is 4.25. The van der Waals surface area contributed by atoms with Crippen LogP contribution < -0.4 is 15.5 Å². The van der Waals surface area contributed by atoms with E-state index >= 15 is 0 Å². The molecule has 2 unspecified atom stereocenters. The molecule has 1 aliphatic rings. The van der Waals surface area contributed by atoms with Crippen LogP contribution in [0.4, 0.5) is 5.69 Å². The number of nitrogens with zero attached hydrogens (tertiary/aromatic N) is 1. The SMILES string of the molecule is CCN(c1ccc(C(=O)NCC2CNCC2O)cc1)C(C)C.Cl.Cl. The molecule has 24 heavy (non-hydrogen) atoms. The van der Waals surface area contributed by atoms with Gasteiger partial charge in [-0.1, -0.05) is 0 Å². The number of carbonyl (C=O) groups is 1. The molecule has 3 N–H and O–H groups in total. The second-order valence-corrected chi connectivity index (χ2v) is 6.12. The highest BCUT2D eigenvalue weighted by molar-refractivity contribution is 5.94. The lowest BCUT2D eigenvalue weighted by Crippen LogP contribution is -2.34. The van der Waals surface area contributed by atoms with Crippen LogP contribution in [-0.2, 0) is 0 Å². The van der Waals surface area contributed by atoms with Gasteiger partial charge in [0.15, 0.2) is 0 Å². The number of aliphatic hydroxyl groups excluding tert-OH is 1. The van der Waals surface area contributed by atoms with Gasteiger partial charge in [-0.3, -0.25) is 4.79 Å². The molecule has 1 saturated heterocycles. The molecule has 2 atom stereocenters. The normalized spacial score (nSPS) is 19.4. The number of carbonyl (C=O) groups excluding carboxylic acids is 1. The lowest BCUT2D eigenvalue weighted by molar-refractivity contribution is 0.0927. The van der Waals surface area contributed by atoms with Gasteiger partial charge in [-0.05, 0) is 45.0 Å². The Labute approximate surface area is 157 Å². The number of benzene rings is 1. The zero-order chi connectivity index (χ0) is 16.1. The molecule has 1 amide bonds. The Hall–Kier alpha value is -1.01. The van der Waals surface area contributed by atoms with E-state index in [1.165, 1.54) is 0 Å². The molecule has 138 valence electrons. The maximum atomic E-state index is 12.2. The quantitative estimate of drug-likeness (QED) is 0.709. The van der Waals surface area contributed by atoms with Crippen LogP contribution in [0.25, 0.3) is 0 Å². The van der Waals surface area contributed by atoms with Crippen LogP contribution in [0.1, 0.15) is 31.1 Å². The van der Waals surface area contributed by atoms with Crippen LogP contribution in [0.2, 0.25) is 0 Å². The Kier molecular flexibility index (Phi) is 10.3. The zero-order valence-corrected chi connectivity index (χ0v) is 16.1. The lowest BCUT2D eigenvalue weighted by Gasteiger charge is -2.27. The third kappa shape index (κ3) is 5.81. The third-order valence-electron chi connectivity index (χ3n) is 4.25. The molecule has 0 spiro atoms. The highest BCUT2D eigenvalue weighted by atomic mass is 35.5. The van der Waals surface area contributed by atoms with E-state index in [4.69, 9.17) is 0 Å². The first kappa shape index (κ1) is 23.0. The van der Waals surface area contributed by atoms with Crippen molar-refractivity contribution in [1.82, 2.24) is 10.6 Å². The molecule has 7 heteroatoms. The Morgan fingerprint density at radius 3 is 2.38 bits per heavy atom. The fourth-order valence-electron chi connectivity index (χ4n) is 2.90. The molecule has 0 saturated carbocycles. The van der Waals surface area contributed by atoms with Gasteiger partial charge >= 0.3 is 0 Å². The molecule has 0 bridgehead atoms. The summed E-state index contributed by atoms with van der Waals surface area (Å²) in [4.78, 5) is 14.4. The summed E-state index contributed by atoms with van der Waals surface area (Å²) in [6.45, 7) is 9.24. The van der Waals surface area contributed by atoms with Crippen molar-refractivity contribution >= 4 is 36.4 Å². The first-order valence-electron chi connectivity index (χ1n) is 8.06. The molecule has 1 aliphatic heterocycles. The standard InChI is InChI=1S/C17H27N3O2.2ClH/c1-4-20(12(2)3)15-7-5-13(6-8-15)17(22)19-10-14-9-18-11-16(14)21;;/h5-8,12,14,16,18,21H,4,9-11H2,1-3H3,(H,19,22);2*1H. The molecule has 2 rings (SSSR count). The lowest BCUT2D eigenvalue weighted by atomic mass is 10.1. The Bertz CT molecular complexity index is 497. The number of anilines is 1. The monoisotopic (exact) mass is 377 g/mol. The maximum absolute atomic E-state index is 12.2. The molecule has 1 aromatic carbocycles. The van der Waals surface area contributed by atoms with Gasteiger partial charge in [0.2, 0.25) is 0 Å². The second-order valence-electron chi connectivity index (χ2n) is 6.12. The summed E-state index contributed by atoms with van der Waals surface area (Å²) in [5.41, 5.74) is 1.79. The number of β-amino-alcohol motifs (C(OH)–C–C–N with tert-alkyl or cyclic N) is 1. The molecule has 1 heterocycles. The number of aliphatic hydroxyl groups is 1. The number of hydrogen-bond donors (Lipinski definition) is 3. The number of amides is 1. The van der Waals surface area contributed by atoms with Crippen LogP contribution in [-0.4, -0.2) is 49.3 Å². The van der Waals surface area contributed by atoms with Crippen LogP contribution in [0.3, 0.4) is 0 Å². The van der Waals surface area contributed by atoms with Gasteiger partial charge in [-0.25, -0.2) is 0 Å². The highest BCUT2D eigenvalue weighted by Gasteiger charge is 2.25. The summed E-state index contributed by atoms with van der Waals surface area (Å²) in [6, 6.07) is 8.13. The van der Waals surface area contributed by atoms with E-state index in [9.17, 15) is 9.90 Å². The predicted molar refractivity (Wildman–Crippen MR) is 104 cm³/mol. The number of rotatable bonds is 6. The van der Waals surface area contributed by atoms with Crippen LogP contribution in [0.5, 0.6) is 0 Å². The van der Waals surface area contributed by atoms with Gasteiger partial charge in [0.25, 0.3) is 5.91 Å². The topological polar surface area (TPSA) is 64.6 Å². The van der Waals surface area contributed by atoms with Crippen molar-refractivity contribution in [3.8, 4) is 0 Å². The van der Waals surface area contributed by atoms with Gasteiger partial charge in [0.05, 0.1) is 6.10 Å². The van der Waals surface area contributed by atoms with Gasteiger partial charge in [0, 0.05) is 49.4 Å². The zero-order valence-electron chi connectivity index (χ0n) is 14.5. The molecular weight excluding hydrogens is 349 g/mol. The highest BCUT2D eigenvalue weighted by Crippen LogP contribution is 2.17. The molecule has 1 fully saturated rings. The fraction of sp³-hybridized carbons (Fsp3) is 0.588. The molecule has 5 nitrogen and oxygen atoms in total. The van der Waals surface area contributed by atoms with Gasteiger partial charge in [-0.15, -0.1) is 24.8 Å². The minimum atomic E-state index is -0.369. The van der Waals surface area contributed by atoms with Crippen molar-refractivity contribution in [2.75, 3.05) is 31.1 Å². The van der Waals surface area contributed by atoms with Crippen LogP contribution >= 0.6 is 24.8 Å². The summed E-state index contributed by atoms with van der Waals surface area (Å²) in [7, 11) is 0. The first-order valence-corrected chi connectivity index (χ1v) is 8.06. The Balaban J connectivity index is 0.00000264. The smallest absolute Gasteiger partial charge is 0.251 e. The summed E-state index contributed by atoms with van der Waals surface area (Å²) < 4.78 is 0. The Morgan fingerprint density at radius 1 is 1.29 bits per heavy atom. The number of hydrogen-bond acceptors (Lipinski definition) is 4. The van der Waals surface area contributed by atoms with E-state index in [-0.39, 0.29) is 42.7 Å². The van der Waals surface area contributed by atoms with E-state index in [1.54, 1.807) is 0 Å². The summed E-state index contributed by atoms with van der Waals surface area (Å²) in [5.74, 6) is 0.0120. The number of halogens is 2. The van der Waals surface area contributed by atoms with E-state index in [0.717, 1.165) is 18.8 Å². The van der Waals surface area contributed by atoms with Crippen molar-refractivity contribution in [2.45, 2.75) is 32.9 Å². The van der Waals surface area contributed by atoms with Gasteiger partial charge < -0.3 is 20.6 Å². The summed E-state index contributed by atoms with van der Waals surface area (Å²) >= 11 is 0. The second kappa shape index (κ2) is 10.8. The molecular formula is C17H29Cl2N3O2. The van der Waals surface area contributed by atoms with Crippen LogP contribution in [0.15, 0.2) is 24.3 Å². The average Bonchev–Trinajstić information content (AvgIpc) is 2.91. The summed E-state index contributed by atoms with van der Waals surface area (Å²) in [6.07, 6.45) is -0.369. The molecule has 0 aliphatic carbocycles. The summed E-state index contributed by atoms with van der Waals surface area (Å²) in [5, 5.41) is 15.7. The van der Waals surface area contributed by atoms with Crippen molar-refractivity contribution in [2.24, 2.45) is 5.92 Å². The van der Waals surface area contributed by atoms with E-state index in [0.29, 0.717) is 24.7 Å². The average molecular weight is 378 g/mol. The van der Waals surface area contributed by atoms with Crippen molar-refractivity contribution in [1.29, 1.82) is 0 Å². The van der Waals surface area contributed by atoms with Crippen LogP contribution in [0, 0.1) is 5.92 Å². The first-order chi connectivity index (χ1) is 10.5. The Morgan fingerprint density at radius 2 is 1.92 bits per heavy atom. The minimum absolute atomic E-state index is 0. The molecule has 0 radical (unpaired) electrons. The number of nitrogens with one attached hydrogen (secondary N) is 2. The minimum Gasteiger partial charge on any atom is -0.391 e. The van der Waals surface area contributed by atoms with Crippen molar-refractivity contribution in [3.63, 3.8) is 0 Å². The molecule has 0 aromatic heterocycles. The van der Waals surface area contributed by atoms with Gasteiger partial charge in [0.1, 0.15) is 0 Å².